The molecule has 33 heavy (non-hydrogen) atoms. The largest absolute Gasteiger partial charge is 0.424 e. The van der Waals surface area contributed by atoms with E-state index in [-0.39, 0.29) is 23.8 Å². The molecule has 12 heteroatoms. The van der Waals surface area contributed by atoms with E-state index >= 15 is 0 Å². The average Bonchev–Trinajstić information content (AvgIpc) is 3.33. The second-order valence-corrected chi connectivity index (χ2v) is 9.08. The first-order chi connectivity index (χ1) is 15.7. The van der Waals surface area contributed by atoms with Gasteiger partial charge in [-0.05, 0) is 49.8 Å². The Bertz CT molecular complexity index is 1150. The summed E-state index contributed by atoms with van der Waals surface area (Å²) in [5.74, 6) is 1.64. The minimum Gasteiger partial charge on any atom is -0.424 e. The first-order valence-corrected chi connectivity index (χ1v) is 11.1. The van der Waals surface area contributed by atoms with Crippen LogP contribution in [0.4, 0.5) is 19.1 Å². The number of alkyl halides is 3. The van der Waals surface area contributed by atoms with Gasteiger partial charge in [-0.3, -0.25) is 0 Å². The number of imidazole rings is 1. The van der Waals surface area contributed by atoms with Crippen molar-refractivity contribution in [1.29, 1.82) is 0 Å². The number of aromatic nitrogens is 5. The minimum atomic E-state index is -4.51. The van der Waals surface area contributed by atoms with Crippen molar-refractivity contribution in [2.45, 2.75) is 38.5 Å². The van der Waals surface area contributed by atoms with E-state index < -0.39 is 12.7 Å². The molecule has 2 bridgehead atoms. The van der Waals surface area contributed by atoms with Crippen molar-refractivity contribution in [1.82, 2.24) is 24.3 Å². The summed E-state index contributed by atoms with van der Waals surface area (Å²) in [6.07, 6.45) is -0.712. The van der Waals surface area contributed by atoms with Gasteiger partial charge >= 0.3 is 12.2 Å². The second-order valence-electron chi connectivity index (χ2n) is 8.64. The lowest BCUT2D eigenvalue weighted by Gasteiger charge is -2.36. The zero-order valence-corrected chi connectivity index (χ0v) is 18.6. The van der Waals surface area contributed by atoms with E-state index in [2.05, 4.69) is 20.0 Å². The smallest absolute Gasteiger partial charge is 0.408 e. The van der Waals surface area contributed by atoms with Crippen LogP contribution in [0.15, 0.2) is 30.5 Å². The lowest BCUT2D eigenvalue weighted by Crippen LogP contribution is -2.49. The molecule has 1 aliphatic heterocycles. The van der Waals surface area contributed by atoms with E-state index in [1.165, 1.54) is 6.07 Å². The predicted octanol–water partition coefficient (Wildman–Crippen LogP) is 3.95. The minimum absolute atomic E-state index is 0.0588. The summed E-state index contributed by atoms with van der Waals surface area (Å²) in [4.78, 5) is 11.0. The number of fused-ring (bicyclic) bond motifs is 2. The van der Waals surface area contributed by atoms with Crippen LogP contribution in [0.3, 0.4) is 0 Å². The van der Waals surface area contributed by atoms with Gasteiger partial charge in [-0.1, -0.05) is 17.7 Å². The fourth-order valence-electron chi connectivity index (χ4n) is 4.72. The topological polar surface area (TPSA) is 87.0 Å². The molecule has 2 unspecified atom stereocenters. The molecule has 2 fully saturated rings. The van der Waals surface area contributed by atoms with Crippen molar-refractivity contribution < 1.29 is 17.9 Å². The van der Waals surface area contributed by atoms with Gasteiger partial charge in [-0.15, -0.1) is 5.10 Å². The Morgan fingerprint density at radius 2 is 1.94 bits per heavy atom. The van der Waals surface area contributed by atoms with Crippen LogP contribution in [-0.4, -0.2) is 49.6 Å². The van der Waals surface area contributed by atoms with Gasteiger partial charge in [0.25, 0.3) is 5.95 Å². The summed E-state index contributed by atoms with van der Waals surface area (Å²) < 4.78 is 47.8. The molecule has 0 amide bonds. The molecule has 2 aliphatic rings. The number of ether oxygens (including phenoxy) is 1. The quantitative estimate of drug-likeness (QED) is 0.593. The van der Waals surface area contributed by atoms with Gasteiger partial charge < -0.3 is 15.4 Å². The molecule has 2 aromatic heterocycles. The zero-order valence-electron chi connectivity index (χ0n) is 17.8. The van der Waals surface area contributed by atoms with Crippen LogP contribution >= 0.6 is 11.6 Å². The molecular weight excluding hydrogens is 459 g/mol. The van der Waals surface area contributed by atoms with Crippen molar-refractivity contribution in [3.05, 3.63) is 41.2 Å². The molecule has 0 radical (unpaired) electrons. The number of nitrogens with zero attached hydrogens (tertiary/aromatic N) is 6. The van der Waals surface area contributed by atoms with E-state index in [4.69, 9.17) is 22.1 Å². The number of rotatable bonds is 5. The molecule has 1 saturated heterocycles. The van der Waals surface area contributed by atoms with Crippen LogP contribution in [-0.2, 0) is 6.54 Å². The highest BCUT2D eigenvalue weighted by molar-refractivity contribution is 6.30. The maximum atomic E-state index is 13.3. The monoisotopic (exact) mass is 481 g/mol. The lowest BCUT2D eigenvalue weighted by atomic mass is 9.93. The third kappa shape index (κ3) is 4.39. The molecule has 8 nitrogen and oxygen atoms in total. The Kier molecular flexibility index (Phi) is 5.48. The van der Waals surface area contributed by atoms with Crippen LogP contribution in [0.2, 0.25) is 5.02 Å². The Hall–Kier alpha value is -2.79. The van der Waals surface area contributed by atoms with Crippen molar-refractivity contribution in [3.8, 4) is 17.7 Å². The van der Waals surface area contributed by atoms with E-state index in [1.54, 1.807) is 29.0 Å². The number of halogens is 4. The summed E-state index contributed by atoms with van der Waals surface area (Å²) in [5.41, 5.74) is 7.03. The molecular formula is C21H23ClF3N7O. The number of piperidine rings is 1. The van der Waals surface area contributed by atoms with Gasteiger partial charge in [0.1, 0.15) is 12.3 Å². The van der Waals surface area contributed by atoms with Crippen molar-refractivity contribution in [2.24, 2.45) is 17.6 Å². The fraction of sp³-hybridized carbons (Fsp3) is 0.476. The Morgan fingerprint density at radius 3 is 2.61 bits per heavy atom. The Morgan fingerprint density at radius 1 is 1.21 bits per heavy atom. The normalized spacial score (nSPS) is 22.7. The van der Waals surface area contributed by atoms with Crippen LogP contribution in [0, 0.1) is 18.8 Å². The van der Waals surface area contributed by atoms with Crippen LogP contribution in [0.5, 0.6) is 11.8 Å². The molecule has 3 aromatic rings. The zero-order chi connectivity index (χ0) is 23.3. The maximum Gasteiger partial charge on any atom is 0.408 e. The van der Waals surface area contributed by atoms with Gasteiger partial charge in [-0.25, -0.2) is 14.2 Å². The van der Waals surface area contributed by atoms with Crippen molar-refractivity contribution in [3.63, 3.8) is 0 Å². The van der Waals surface area contributed by atoms with Gasteiger partial charge in [-0.2, -0.15) is 18.2 Å². The summed E-state index contributed by atoms with van der Waals surface area (Å²) in [6, 6.07) is 6.24. The summed E-state index contributed by atoms with van der Waals surface area (Å²) in [5, 5.41) is 4.53. The maximum absolute atomic E-state index is 13.3. The highest BCUT2D eigenvalue weighted by Gasteiger charge is 2.41. The summed E-state index contributed by atoms with van der Waals surface area (Å²) >= 11 is 5.98. The molecule has 2 atom stereocenters. The second kappa shape index (κ2) is 8.21. The van der Waals surface area contributed by atoms with E-state index in [9.17, 15) is 13.2 Å². The number of aryl methyl sites for hydroxylation is 1. The number of anilines is 1. The Labute approximate surface area is 193 Å². The molecule has 1 aliphatic carbocycles. The predicted molar refractivity (Wildman–Crippen MR) is 116 cm³/mol. The number of nitrogens with two attached hydrogens (primary N) is 1. The molecule has 0 spiro atoms. The van der Waals surface area contributed by atoms with Crippen LogP contribution < -0.4 is 15.4 Å². The third-order valence-electron chi connectivity index (χ3n) is 6.27. The molecule has 1 aromatic carbocycles. The number of hydrogen-bond acceptors (Lipinski definition) is 6. The average molecular weight is 482 g/mol. The first kappa shape index (κ1) is 22.0. The molecule has 176 valence electrons. The Balaban J connectivity index is 1.51. The molecule has 1 saturated carbocycles. The third-order valence-corrected chi connectivity index (χ3v) is 6.51. The molecule has 5 rings (SSSR count). The highest BCUT2D eigenvalue weighted by atomic mass is 35.5. The standard InChI is InChI=1S/C21H23ClF3N7O/c1-12-8-27-19(30-9-13-5-6-14(10-30)17(13)26)32(12)18-28-20(31(29-18)11-21(23,24)25)33-16-4-2-3-15(22)7-16/h2-4,7-8,13-14,17H,5-6,9-11,26H2,1H3. The van der Waals surface area contributed by atoms with Crippen molar-refractivity contribution in [2.75, 3.05) is 18.0 Å². The fourth-order valence-corrected chi connectivity index (χ4v) is 4.90. The first-order valence-electron chi connectivity index (χ1n) is 10.7. The van der Waals surface area contributed by atoms with E-state index in [0.717, 1.165) is 25.9 Å². The van der Waals surface area contributed by atoms with Crippen LogP contribution in [0.25, 0.3) is 5.95 Å². The van der Waals surface area contributed by atoms with Gasteiger partial charge in [0.2, 0.25) is 5.95 Å². The van der Waals surface area contributed by atoms with Gasteiger partial charge in [0.05, 0.1) is 6.20 Å². The van der Waals surface area contributed by atoms with Gasteiger partial charge in [0.15, 0.2) is 0 Å². The molecule has 2 N–H and O–H groups in total. The lowest BCUT2D eigenvalue weighted by molar-refractivity contribution is -0.143. The number of benzene rings is 1. The molecule has 3 heterocycles. The van der Waals surface area contributed by atoms with Crippen LogP contribution in [0.1, 0.15) is 18.5 Å². The number of hydrogen-bond donors (Lipinski definition) is 1. The van der Waals surface area contributed by atoms with E-state index in [1.807, 2.05) is 6.92 Å². The van der Waals surface area contributed by atoms with Crippen molar-refractivity contribution >= 4 is 17.5 Å². The highest BCUT2D eigenvalue weighted by Crippen LogP contribution is 2.38. The summed E-state index contributed by atoms with van der Waals surface area (Å²) in [6.45, 7) is 1.94. The van der Waals surface area contributed by atoms with Gasteiger partial charge in [0, 0.05) is 29.8 Å². The van der Waals surface area contributed by atoms with E-state index in [0.29, 0.717) is 33.2 Å². The summed E-state index contributed by atoms with van der Waals surface area (Å²) in [7, 11) is 0. The SMILES string of the molecule is Cc1cnc(N2CC3CCC(C2)C3N)n1-c1nc(Oc2cccc(Cl)c2)n(CC(F)(F)F)n1.